The fourth-order valence-electron chi connectivity index (χ4n) is 1.91. The summed E-state index contributed by atoms with van der Waals surface area (Å²) in [6, 6.07) is 14.9. The van der Waals surface area contributed by atoms with Gasteiger partial charge in [-0.1, -0.05) is 44.2 Å². The van der Waals surface area contributed by atoms with Crippen molar-refractivity contribution in [3.8, 4) is 0 Å². The molecule has 5 nitrogen and oxygen atoms in total. The highest BCUT2D eigenvalue weighted by atomic mass is 32.2. The zero-order valence-electron chi connectivity index (χ0n) is 14.5. The van der Waals surface area contributed by atoms with Gasteiger partial charge in [-0.25, -0.2) is 17.5 Å². The Kier molecular flexibility index (Phi) is 8.24. The molecule has 1 atom stereocenters. The third-order valence-corrected chi connectivity index (χ3v) is 3.78. The summed E-state index contributed by atoms with van der Waals surface area (Å²) in [5.41, 5.74) is 1.39. The SMILES string of the molecule is CC.CS(=O)(=O)NCC(F)c1ccc(NC(=O)c2ccccc2)cc1. The van der Waals surface area contributed by atoms with Gasteiger partial charge < -0.3 is 5.32 Å². The summed E-state index contributed by atoms with van der Waals surface area (Å²) < 4.78 is 37.9. The third-order valence-electron chi connectivity index (χ3n) is 3.09. The van der Waals surface area contributed by atoms with Crippen LogP contribution in [0, 0.1) is 0 Å². The lowest BCUT2D eigenvalue weighted by Gasteiger charge is -2.10. The van der Waals surface area contributed by atoms with Crippen LogP contribution in [0.25, 0.3) is 0 Å². The quantitative estimate of drug-likeness (QED) is 0.821. The van der Waals surface area contributed by atoms with Crippen LogP contribution in [0.15, 0.2) is 54.6 Å². The number of anilines is 1. The maximum atomic E-state index is 13.9. The molecule has 2 N–H and O–H groups in total. The minimum absolute atomic E-state index is 0.256. The van der Waals surface area contributed by atoms with Crippen molar-refractivity contribution in [2.75, 3.05) is 18.1 Å². The normalized spacial score (nSPS) is 11.8. The zero-order valence-corrected chi connectivity index (χ0v) is 15.3. The standard InChI is InChI=1S/C16H17FN2O3S.C2H6/c1-23(21,22)18-11-15(17)12-7-9-14(10-8-12)19-16(20)13-5-3-2-4-6-13;1-2/h2-10,15,18H,11H2,1H3,(H,19,20);1-2H3. The van der Waals surface area contributed by atoms with E-state index in [0.29, 0.717) is 16.8 Å². The van der Waals surface area contributed by atoms with Crippen molar-refractivity contribution in [1.82, 2.24) is 4.72 Å². The van der Waals surface area contributed by atoms with Crippen molar-refractivity contribution in [2.24, 2.45) is 0 Å². The van der Waals surface area contributed by atoms with E-state index < -0.39 is 16.2 Å². The van der Waals surface area contributed by atoms with Crippen molar-refractivity contribution in [1.29, 1.82) is 0 Å². The molecule has 0 spiro atoms. The Morgan fingerprint density at radius 3 is 2.12 bits per heavy atom. The lowest BCUT2D eigenvalue weighted by Crippen LogP contribution is -2.25. The van der Waals surface area contributed by atoms with E-state index in [2.05, 4.69) is 10.0 Å². The fraction of sp³-hybridized carbons (Fsp3) is 0.278. The van der Waals surface area contributed by atoms with Crippen LogP contribution in [0.2, 0.25) is 0 Å². The van der Waals surface area contributed by atoms with Gasteiger partial charge in [-0.05, 0) is 29.8 Å². The van der Waals surface area contributed by atoms with Crippen molar-refractivity contribution in [3.63, 3.8) is 0 Å². The van der Waals surface area contributed by atoms with Gasteiger partial charge in [0, 0.05) is 17.8 Å². The summed E-state index contributed by atoms with van der Waals surface area (Å²) in [5, 5.41) is 2.71. The van der Waals surface area contributed by atoms with Crippen LogP contribution in [-0.2, 0) is 10.0 Å². The van der Waals surface area contributed by atoms with Crippen molar-refractivity contribution in [2.45, 2.75) is 20.0 Å². The van der Waals surface area contributed by atoms with Gasteiger partial charge in [0.1, 0.15) is 6.17 Å². The van der Waals surface area contributed by atoms with Crippen LogP contribution in [0.4, 0.5) is 10.1 Å². The smallest absolute Gasteiger partial charge is 0.255 e. The first kappa shape index (κ1) is 20.8. The van der Waals surface area contributed by atoms with Crippen LogP contribution < -0.4 is 10.0 Å². The number of amides is 1. The summed E-state index contributed by atoms with van der Waals surface area (Å²) in [7, 11) is -3.43. The number of benzene rings is 2. The molecule has 0 saturated heterocycles. The van der Waals surface area contributed by atoms with E-state index in [9.17, 15) is 17.6 Å². The van der Waals surface area contributed by atoms with Crippen LogP contribution in [-0.4, -0.2) is 27.1 Å². The molecular weight excluding hydrogens is 343 g/mol. The number of hydrogen-bond acceptors (Lipinski definition) is 3. The lowest BCUT2D eigenvalue weighted by molar-refractivity contribution is 0.102. The molecule has 0 aliphatic heterocycles. The van der Waals surface area contributed by atoms with Gasteiger partial charge in [-0.15, -0.1) is 0 Å². The monoisotopic (exact) mass is 366 g/mol. The molecule has 0 saturated carbocycles. The van der Waals surface area contributed by atoms with Gasteiger partial charge in [0.05, 0.1) is 6.26 Å². The zero-order chi connectivity index (χ0) is 18.9. The second kappa shape index (κ2) is 9.90. The number of carbonyl (C=O) groups excluding carboxylic acids is 1. The molecule has 2 aromatic rings. The van der Waals surface area contributed by atoms with E-state index in [-0.39, 0.29) is 12.5 Å². The summed E-state index contributed by atoms with van der Waals surface area (Å²) in [4.78, 5) is 12.0. The molecule has 0 aliphatic carbocycles. The maximum absolute atomic E-state index is 13.9. The topological polar surface area (TPSA) is 75.3 Å². The minimum atomic E-state index is -3.43. The van der Waals surface area contributed by atoms with Gasteiger partial charge in [-0.3, -0.25) is 4.79 Å². The molecule has 25 heavy (non-hydrogen) atoms. The number of hydrogen-bond donors (Lipinski definition) is 2. The highest BCUT2D eigenvalue weighted by Gasteiger charge is 2.12. The van der Waals surface area contributed by atoms with E-state index in [1.54, 1.807) is 36.4 Å². The van der Waals surface area contributed by atoms with Gasteiger partial charge in [0.2, 0.25) is 10.0 Å². The number of sulfonamides is 1. The molecule has 0 radical (unpaired) electrons. The number of nitrogens with one attached hydrogen (secondary N) is 2. The maximum Gasteiger partial charge on any atom is 0.255 e. The Bertz CT molecular complexity index is 763. The first-order chi connectivity index (χ1) is 11.8. The molecule has 0 fully saturated rings. The van der Waals surface area contributed by atoms with Crippen LogP contribution in [0.5, 0.6) is 0 Å². The molecule has 0 bridgehead atoms. The molecular formula is C18H23FN2O3S. The highest BCUT2D eigenvalue weighted by molar-refractivity contribution is 7.88. The molecule has 0 aromatic heterocycles. The van der Waals surface area contributed by atoms with Crippen molar-refractivity contribution >= 4 is 21.6 Å². The van der Waals surface area contributed by atoms with E-state index >= 15 is 0 Å². The van der Waals surface area contributed by atoms with Crippen molar-refractivity contribution in [3.05, 3.63) is 65.7 Å². The average Bonchev–Trinajstić information content (AvgIpc) is 2.62. The number of halogens is 1. The van der Waals surface area contributed by atoms with Gasteiger partial charge in [-0.2, -0.15) is 0 Å². The first-order valence-corrected chi connectivity index (χ1v) is 9.79. The predicted molar refractivity (Wildman–Crippen MR) is 98.9 cm³/mol. The molecule has 2 aromatic carbocycles. The van der Waals surface area contributed by atoms with Crippen LogP contribution in [0.1, 0.15) is 35.9 Å². The predicted octanol–water partition coefficient (Wildman–Crippen LogP) is 3.52. The molecule has 0 heterocycles. The number of alkyl halides is 1. The molecule has 7 heteroatoms. The van der Waals surface area contributed by atoms with E-state index in [1.165, 1.54) is 12.1 Å². The van der Waals surface area contributed by atoms with E-state index in [0.717, 1.165) is 6.26 Å². The Balaban J connectivity index is 0.00000151. The first-order valence-electron chi connectivity index (χ1n) is 7.90. The van der Waals surface area contributed by atoms with Crippen molar-refractivity contribution < 1.29 is 17.6 Å². The third kappa shape index (κ3) is 7.45. The van der Waals surface area contributed by atoms with Gasteiger partial charge in [0.15, 0.2) is 0 Å². The molecule has 0 aliphatic rings. The Hall–Kier alpha value is -2.25. The summed E-state index contributed by atoms with van der Waals surface area (Å²) >= 11 is 0. The average molecular weight is 366 g/mol. The summed E-state index contributed by atoms with van der Waals surface area (Å²) in [5.74, 6) is -0.256. The van der Waals surface area contributed by atoms with Gasteiger partial charge in [0.25, 0.3) is 5.91 Å². The molecule has 1 unspecified atom stereocenters. The second-order valence-electron chi connectivity index (χ2n) is 5.03. The lowest BCUT2D eigenvalue weighted by atomic mass is 10.1. The molecule has 1 amide bonds. The molecule has 136 valence electrons. The summed E-state index contributed by atoms with van der Waals surface area (Å²) in [6.07, 6.45) is -0.481. The largest absolute Gasteiger partial charge is 0.322 e. The van der Waals surface area contributed by atoms with E-state index in [4.69, 9.17) is 0 Å². The van der Waals surface area contributed by atoms with Gasteiger partial charge >= 0.3 is 0 Å². The number of rotatable bonds is 6. The van der Waals surface area contributed by atoms with Crippen LogP contribution in [0.3, 0.4) is 0 Å². The fourth-order valence-corrected chi connectivity index (χ4v) is 2.36. The Morgan fingerprint density at radius 2 is 1.60 bits per heavy atom. The molecule has 2 rings (SSSR count). The second-order valence-corrected chi connectivity index (χ2v) is 6.86. The number of carbonyl (C=O) groups is 1. The Morgan fingerprint density at radius 1 is 1.04 bits per heavy atom. The summed E-state index contributed by atoms with van der Waals surface area (Å²) in [6.45, 7) is 3.68. The Labute approximate surface area is 148 Å². The van der Waals surface area contributed by atoms with Crippen LogP contribution >= 0.6 is 0 Å². The highest BCUT2D eigenvalue weighted by Crippen LogP contribution is 2.19. The minimum Gasteiger partial charge on any atom is -0.322 e. The van der Waals surface area contributed by atoms with E-state index in [1.807, 2.05) is 19.9 Å².